The SMILES string of the molecule is COc1ccc(CN(Cc2ccc(C)cc2OC)C2=N[C@](C)(c3cc(N)ccc3F)C=C(CO)O2)c(OC)c1. The molecule has 3 N–H and O–H groups in total. The van der Waals surface area contributed by atoms with Crippen LogP contribution in [0.15, 0.2) is 71.4 Å². The van der Waals surface area contributed by atoms with Gasteiger partial charge >= 0.3 is 0 Å². The molecule has 0 spiro atoms. The largest absolute Gasteiger partial charge is 0.497 e. The minimum atomic E-state index is -1.19. The maximum atomic E-state index is 15.0. The van der Waals surface area contributed by atoms with Crippen LogP contribution in [0.3, 0.4) is 0 Å². The van der Waals surface area contributed by atoms with Gasteiger partial charge in [-0.05, 0) is 61.9 Å². The second kappa shape index (κ2) is 11.7. The zero-order chi connectivity index (χ0) is 28.2. The molecule has 206 valence electrons. The van der Waals surface area contributed by atoms with E-state index in [0.717, 1.165) is 16.7 Å². The molecule has 0 bridgehead atoms. The van der Waals surface area contributed by atoms with Gasteiger partial charge in [-0.3, -0.25) is 0 Å². The lowest BCUT2D eigenvalue weighted by Crippen LogP contribution is -2.38. The van der Waals surface area contributed by atoms with E-state index < -0.39 is 18.0 Å². The van der Waals surface area contributed by atoms with Gasteiger partial charge in [0, 0.05) is 28.4 Å². The van der Waals surface area contributed by atoms with Crippen molar-refractivity contribution in [3.8, 4) is 17.2 Å². The van der Waals surface area contributed by atoms with Crippen molar-refractivity contribution in [2.24, 2.45) is 4.99 Å². The number of nitrogens with two attached hydrogens (primary N) is 1. The molecule has 0 fully saturated rings. The summed E-state index contributed by atoms with van der Waals surface area (Å²) in [6, 6.07) is 16.0. The van der Waals surface area contributed by atoms with Crippen molar-refractivity contribution in [3.05, 3.63) is 94.5 Å². The fourth-order valence-corrected chi connectivity index (χ4v) is 4.56. The molecule has 3 aromatic rings. The molecule has 9 heteroatoms. The molecule has 0 radical (unpaired) electrons. The van der Waals surface area contributed by atoms with Crippen LogP contribution in [-0.4, -0.2) is 44.0 Å². The molecule has 0 aliphatic carbocycles. The molecule has 8 nitrogen and oxygen atoms in total. The van der Waals surface area contributed by atoms with Gasteiger partial charge in [0.25, 0.3) is 6.02 Å². The van der Waals surface area contributed by atoms with Gasteiger partial charge in [0.05, 0.1) is 34.4 Å². The molecule has 3 aromatic carbocycles. The van der Waals surface area contributed by atoms with E-state index in [2.05, 4.69) is 0 Å². The summed E-state index contributed by atoms with van der Waals surface area (Å²) in [4.78, 5) is 6.76. The lowest BCUT2D eigenvalue weighted by molar-refractivity contribution is 0.203. The number of aliphatic imine (C=N–C) groups is 1. The van der Waals surface area contributed by atoms with Crippen molar-refractivity contribution in [3.63, 3.8) is 0 Å². The molecule has 0 amide bonds. The number of nitrogen functional groups attached to an aromatic ring is 1. The first kappa shape index (κ1) is 27.8. The van der Waals surface area contributed by atoms with E-state index in [1.54, 1.807) is 46.5 Å². The predicted octanol–water partition coefficient (Wildman–Crippen LogP) is 4.92. The lowest BCUT2D eigenvalue weighted by Gasteiger charge is -2.34. The van der Waals surface area contributed by atoms with Crippen molar-refractivity contribution >= 4 is 11.7 Å². The normalized spacial score (nSPS) is 16.6. The molecule has 0 aromatic heterocycles. The molecule has 1 aliphatic heterocycles. The number of ether oxygens (including phenoxy) is 4. The fourth-order valence-electron chi connectivity index (χ4n) is 4.56. The summed E-state index contributed by atoms with van der Waals surface area (Å²) in [7, 11) is 4.80. The summed E-state index contributed by atoms with van der Waals surface area (Å²) in [5, 5.41) is 10.1. The summed E-state index contributed by atoms with van der Waals surface area (Å²) in [6.07, 6.45) is 1.60. The summed E-state index contributed by atoms with van der Waals surface area (Å²) < 4.78 is 37.8. The third kappa shape index (κ3) is 6.09. The minimum Gasteiger partial charge on any atom is -0.497 e. The van der Waals surface area contributed by atoms with Crippen LogP contribution in [0.4, 0.5) is 10.1 Å². The third-order valence-corrected chi connectivity index (χ3v) is 6.61. The molecular formula is C30H34FN3O5. The Kier molecular flexibility index (Phi) is 8.30. The van der Waals surface area contributed by atoms with E-state index >= 15 is 4.39 Å². The lowest BCUT2D eigenvalue weighted by atomic mass is 9.90. The molecule has 0 unspecified atom stereocenters. The van der Waals surface area contributed by atoms with Crippen LogP contribution in [0.25, 0.3) is 0 Å². The number of methoxy groups -OCH3 is 3. The molecule has 4 rings (SSSR count). The van der Waals surface area contributed by atoms with Gasteiger partial charge in [0.15, 0.2) is 0 Å². The number of halogens is 1. The Morgan fingerprint density at radius 3 is 2.26 bits per heavy atom. The van der Waals surface area contributed by atoms with Crippen molar-refractivity contribution < 1.29 is 28.4 Å². The highest BCUT2D eigenvalue weighted by Gasteiger charge is 2.35. The Labute approximate surface area is 228 Å². The number of nitrogens with zero attached hydrogens (tertiary/aromatic N) is 2. The number of rotatable bonds is 9. The highest BCUT2D eigenvalue weighted by atomic mass is 19.1. The van der Waals surface area contributed by atoms with Crippen LogP contribution in [0.5, 0.6) is 17.2 Å². The van der Waals surface area contributed by atoms with Crippen LogP contribution in [0, 0.1) is 12.7 Å². The van der Waals surface area contributed by atoms with Crippen LogP contribution >= 0.6 is 0 Å². The Hall–Kier alpha value is -4.24. The van der Waals surface area contributed by atoms with Crippen LogP contribution < -0.4 is 19.9 Å². The number of amidine groups is 1. The van der Waals surface area contributed by atoms with Gasteiger partial charge in [0.1, 0.15) is 41.0 Å². The van der Waals surface area contributed by atoms with Gasteiger partial charge in [-0.25, -0.2) is 9.38 Å². The quantitative estimate of drug-likeness (QED) is 0.375. The van der Waals surface area contributed by atoms with Gasteiger partial charge in [-0.15, -0.1) is 0 Å². The van der Waals surface area contributed by atoms with Crippen molar-refractivity contribution in [1.29, 1.82) is 0 Å². The molecule has 39 heavy (non-hydrogen) atoms. The van der Waals surface area contributed by atoms with Crippen LogP contribution in [-0.2, 0) is 23.4 Å². The topological polar surface area (TPSA) is 98.8 Å². The smallest absolute Gasteiger partial charge is 0.294 e. The second-order valence-electron chi connectivity index (χ2n) is 9.50. The van der Waals surface area contributed by atoms with E-state index in [1.807, 2.05) is 42.2 Å². The van der Waals surface area contributed by atoms with Gasteiger partial charge in [-0.2, -0.15) is 0 Å². The number of hydrogen-bond acceptors (Lipinski definition) is 8. The van der Waals surface area contributed by atoms with E-state index in [4.69, 9.17) is 29.7 Å². The first-order valence-corrected chi connectivity index (χ1v) is 12.4. The van der Waals surface area contributed by atoms with E-state index in [1.165, 1.54) is 12.1 Å². The van der Waals surface area contributed by atoms with Crippen LogP contribution in [0.2, 0.25) is 0 Å². The molecular weight excluding hydrogens is 501 g/mol. The first-order valence-electron chi connectivity index (χ1n) is 12.4. The zero-order valence-electron chi connectivity index (χ0n) is 22.8. The Balaban J connectivity index is 1.84. The molecule has 1 heterocycles. The number of aliphatic hydroxyl groups excluding tert-OH is 1. The van der Waals surface area contributed by atoms with E-state index in [-0.39, 0.29) is 17.3 Å². The second-order valence-corrected chi connectivity index (χ2v) is 9.50. The number of anilines is 1. The standard InChI is InChI=1S/C30H34FN3O5/c1-19-6-7-20(27(12-19)37-4)16-34(17-21-8-10-23(36-3)14-28(21)38-5)29-33-30(2,15-24(18-35)39-29)25-13-22(32)9-11-26(25)31/h6-15,35H,16-18,32H2,1-5H3/t30-/m0/s1. The maximum absolute atomic E-state index is 15.0. The summed E-state index contributed by atoms with van der Waals surface area (Å²) >= 11 is 0. The van der Waals surface area contributed by atoms with Crippen LogP contribution in [0.1, 0.15) is 29.2 Å². The first-order chi connectivity index (χ1) is 18.7. The molecule has 1 atom stereocenters. The number of aliphatic hydroxyl groups is 1. The van der Waals surface area contributed by atoms with E-state index in [0.29, 0.717) is 36.0 Å². The van der Waals surface area contributed by atoms with Gasteiger partial charge in [-0.1, -0.05) is 12.1 Å². The minimum absolute atomic E-state index is 0.200. The van der Waals surface area contributed by atoms with Crippen molar-refractivity contribution in [2.75, 3.05) is 33.7 Å². The third-order valence-electron chi connectivity index (χ3n) is 6.61. The Morgan fingerprint density at radius 2 is 1.62 bits per heavy atom. The van der Waals surface area contributed by atoms with Gasteiger partial charge in [0.2, 0.25) is 0 Å². The Morgan fingerprint density at radius 1 is 0.949 bits per heavy atom. The Bertz CT molecular complexity index is 1410. The monoisotopic (exact) mass is 535 g/mol. The summed E-state index contributed by atoms with van der Waals surface area (Å²) in [5.41, 5.74) is 8.26. The average Bonchev–Trinajstić information content (AvgIpc) is 2.94. The maximum Gasteiger partial charge on any atom is 0.294 e. The van der Waals surface area contributed by atoms with Crippen molar-refractivity contribution in [1.82, 2.24) is 4.90 Å². The predicted molar refractivity (Wildman–Crippen MR) is 148 cm³/mol. The summed E-state index contributed by atoms with van der Waals surface area (Å²) in [5.74, 6) is 1.76. The summed E-state index contributed by atoms with van der Waals surface area (Å²) in [6.45, 7) is 4.00. The highest BCUT2D eigenvalue weighted by Crippen LogP contribution is 2.36. The molecule has 0 saturated heterocycles. The zero-order valence-corrected chi connectivity index (χ0v) is 22.8. The van der Waals surface area contributed by atoms with E-state index in [9.17, 15) is 5.11 Å². The molecule has 1 aliphatic rings. The van der Waals surface area contributed by atoms with Gasteiger partial charge < -0.3 is 34.7 Å². The van der Waals surface area contributed by atoms with Crippen molar-refractivity contribution in [2.45, 2.75) is 32.5 Å². The number of aryl methyl sites for hydroxylation is 1. The average molecular weight is 536 g/mol. The molecule has 0 saturated carbocycles. The number of benzene rings is 3. The number of hydrogen-bond donors (Lipinski definition) is 2. The fraction of sp³-hybridized carbons (Fsp3) is 0.300. The highest BCUT2D eigenvalue weighted by molar-refractivity contribution is 5.77.